The molecule has 3 saturated carbocycles. The zero-order chi connectivity index (χ0) is 15.4. The fourth-order valence-electron chi connectivity index (χ4n) is 6.01. The third kappa shape index (κ3) is 1.93. The molecule has 0 N–H and O–H groups in total. The summed E-state index contributed by atoms with van der Waals surface area (Å²) in [6.07, 6.45) is 7.35. The Morgan fingerprint density at radius 2 is 1.95 bits per heavy atom. The van der Waals surface area contributed by atoms with Crippen molar-refractivity contribution in [1.82, 2.24) is 0 Å². The van der Waals surface area contributed by atoms with Crippen LogP contribution in [-0.4, -0.2) is 44.4 Å². The van der Waals surface area contributed by atoms with Gasteiger partial charge in [0.1, 0.15) is 6.04 Å². The number of hydrogen-bond donors (Lipinski definition) is 0. The van der Waals surface area contributed by atoms with E-state index in [2.05, 4.69) is 44.4 Å². The lowest BCUT2D eigenvalue weighted by molar-refractivity contribution is -0.905. The molecule has 0 aromatic heterocycles. The van der Waals surface area contributed by atoms with Crippen molar-refractivity contribution in [2.75, 3.05) is 27.7 Å². The SMILES string of the molecule is COC1C2CCC23C1C3[N+](C)(C)CCCCc1ccccc1. The fraction of sp³-hybridized carbons (Fsp3) is 0.700. The van der Waals surface area contributed by atoms with E-state index in [0.29, 0.717) is 11.5 Å². The predicted molar refractivity (Wildman–Crippen MR) is 89.6 cm³/mol. The van der Waals surface area contributed by atoms with Gasteiger partial charge in [-0.25, -0.2) is 0 Å². The smallest absolute Gasteiger partial charge is 0.101 e. The second-order valence-corrected chi connectivity index (χ2v) is 8.37. The van der Waals surface area contributed by atoms with Gasteiger partial charge in [-0.2, -0.15) is 0 Å². The number of nitrogens with zero attached hydrogens (tertiary/aromatic N) is 1. The lowest BCUT2D eigenvalue weighted by Gasteiger charge is -2.50. The summed E-state index contributed by atoms with van der Waals surface area (Å²) in [5.74, 6) is 1.77. The van der Waals surface area contributed by atoms with Crippen LogP contribution in [0.5, 0.6) is 0 Å². The number of ether oxygens (including phenoxy) is 1. The summed E-state index contributed by atoms with van der Waals surface area (Å²) >= 11 is 0. The third-order valence-electron chi connectivity index (χ3n) is 7.05. The van der Waals surface area contributed by atoms with Gasteiger partial charge in [0.05, 0.1) is 26.7 Å². The maximum Gasteiger partial charge on any atom is 0.101 e. The number of unbranched alkanes of at least 4 members (excludes halogenated alkanes) is 1. The summed E-state index contributed by atoms with van der Waals surface area (Å²) in [6.45, 7) is 1.32. The van der Waals surface area contributed by atoms with Gasteiger partial charge in [0, 0.05) is 18.4 Å². The molecule has 5 unspecified atom stereocenters. The first kappa shape index (κ1) is 14.7. The molecule has 3 fully saturated rings. The molecule has 0 heterocycles. The molecule has 5 atom stereocenters. The van der Waals surface area contributed by atoms with Crippen LogP contribution in [0.2, 0.25) is 0 Å². The van der Waals surface area contributed by atoms with Gasteiger partial charge in [0.2, 0.25) is 0 Å². The van der Waals surface area contributed by atoms with Crippen molar-refractivity contribution >= 4 is 0 Å². The molecule has 0 radical (unpaired) electrons. The highest BCUT2D eigenvalue weighted by molar-refractivity contribution is 5.33. The van der Waals surface area contributed by atoms with Gasteiger partial charge in [0.25, 0.3) is 0 Å². The zero-order valence-electron chi connectivity index (χ0n) is 14.3. The predicted octanol–water partition coefficient (Wildman–Crippen LogP) is 3.51. The zero-order valence-corrected chi connectivity index (χ0v) is 14.3. The van der Waals surface area contributed by atoms with Crippen LogP contribution >= 0.6 is 0 Å². The van der Waals surface area contributed by atoms with Crippen LogP contribution in [0.1, 0.15) is 31.2 Å². The van der Waals surface area contributed by atoms with Crippen LogP contribution in [0.15, 0.2) is 30.3 Å². The molecule has 4 rings (SSSR count). The maximum absolute atomic E-state index is 5.77. The number of hydrogen-bond acceptors (Lipinski definition) is 1. The maximum atomic E-state index is 5.77. The standard InChI is InChI=1S/C20H30NO/c1-21(2,14-8-7-11-15-9-5-4-6-10-15)19-17-18(22-3)16-12-13-20(16,17)19/h4-6,9-10,16-19H,7-8,11-14H2,1-3H3/q+1. The summed E-state index contributed by atoms with van der Waals surface area (Å²) in [5, 5.41) is 0. The van der Waals surface area contributed by atoms with Crippen LogP contribution in [0, 0.1) is 17.3 Å². The van der Waals surface area contributed by atoms with Gasteiger partial charge in [-0.1, -0.05) is 30.3 Å². The topological polar surface area (TPSA) is 9.23 Å². The second kappa shape index (κ2) is 5.07. The van der Waals surface area contributed by atoms with Crippen LogP contribution in [-0.2, 0) is 11.2 Å². The Labute approximate surface area is 135 Å². The van der Waals surface area contributed by atoms with Crippen molar-refractivity contribution in [3.63, 3.8) is 0 Å². The lowest BCUT2D eigenvalue weighted by atomic mass is 9.56. The van der Waals surface area contributed by atoms with E-state index in [0.717, 1.165) is 17.9 Å². The molecular weight excluding hydrogens is 270 g/mol. The normalized spacial score (nSPS) is 38.5. The minimum Gasteiger partial charge on any atom is -0.381 e. The van der Waals surface area contributed by atoms with E-state index in [1.54, 1.807) is 0 Å². The van der Waals surface area contributed by atoms with Gasteiger partial charge in [-0.3, -0.25) is 0 Å². The monoisotopic (exact) mass is 300 g/mol. The summed E-state index contributed by atoms with van der Waals surface area (Å²) in [5.41, 5.74) is 2.19. The van der Waals surface area contributed by atoms with Crippen LogP contribution < -0.4 is 0 Å². The Morgan fingerprint density at radius 3 is 2.55 bits per heavy atom. The van der Waals surface area contributed by atoms with E-state index in [9.17, 15) is 0 Å². The van der Waals surface area contributed by atoms with Crippen molar-refractivity contribution in [1.29, 1.82) is 0 Å². The molecule has 0 bridgehead atoms. The van der Waals surface area contributed by atoms with E-state index in [-0.39, 0.29) is 0 Å². The quantitative estimate of drug-likeness (QED) is 0.553. The first-order valence-electron chi connectivity index (χ1n) is 9.00. The van der Waals surface area contributed by atoms with Gasteiger partial charge in [-0.05, 0) is 43.6 Å². The van der Waals surface area contributed by atoms with Crippen molar-refractivity contribution in [2.24, 2.45) is 17.3 Å². The molecule has 0 aliphatic heterocycles. The Morgan fingerprint density at radius 1 is 1.18 bits per heavy atom. The molecule has 2 nitrogen and oxygen atoms in total. The van der Waals surface area contributed by atoms with Gasteiger partial charge < -0.3 is 9.22 Å². The van der Waals surface area contributed by atoms with Crippen LogP contribution in [0.4, 0.5) is 0 Å². The minimum absolute atomic E-state index is 0.584. The summed E-state index contributed by atoms with van der Waals surface area (Å²) in [4.78, 5) is 0. The average Bonchev–Trinajstić information content (AvgIpc) is 3.19. The highest BCUT2D eigenvalue weighted by Crippen LogP contribution is 2.82. The van der Waals surface area contributed by atoms with Gasteiger partial charge in [-0.15, -0.1) is 0 Å². The molecule has 120 valence electrons. The number of benzene rings is 1. The fourth-order valence-corrected chi connectivity index (χ4v) is 6.01. The highest BCUT2D eigenvalue weighted by Gasteiger charge is 2.89. The molecule has 22 heavy (non-hydrogen) atoms. The van der Waals surface area contributed by atoms with Crippen molar-refractivity contribution in [3.8, 4) is 0 Å². The van der Waals surface area contributed by atoms with Gasteiger partial charge in [0.15, 0.2) is 0 Å². The number of quaternary nitrogens is 1. The first-order valence-corrected chi connectivity index (χ1v) is 9.00. The molecule has 1 spiro atoms. The Hall–Kier alpha value is -0.860. The Bertz CT molecular complexity index is 538. The van der Waals surface area contributed by atoms with Crippen LogP contribution in [0.3, 0.4) is 0 Å². The third-order valence-corrected chi connectivity index (χ3v) is 7.05. The van der Waals surface area contributed by atoms with Gasteiger partial charge >= 0.3 is 0 Å². The molecule has 0 amide bonds. The summed E-state index contributed by atoms with van der Waals surface area (Å²) in [6, 6.07) is 11.8. The van der Waals surface area contributed by atoms with Crippen molar-refractivity contribution in [3.05, 3.63) is 35.9 Å². The number of rotatable bonds is 7. The average molecular weight is 300 g/mol. The van der Waals surface area contributed by atoms with E-state index in [1.807, 2.05) is 7.11 Å². The van der Waals surface area contributed by atoms with Crippen LogP contribution in [0.25, 0.3) is 0 Å². The second-order valence-electron chi connectivity index (χ2n) is 8.37. The lowest BCUT2D eigenvalue weighted by Crippen LogP contribution is -2.52. The molecule has 3 aliphatic rings. The molecule has 1 aromatic rings. The molecule has 0 saturated heterocycles. The Balaban J connectivity index is 1.28. The summed E-state index contributed by atoms with van der Waals surface area (Å²) in [7, 11) is 6.84. The largest absolute Gasteiger partial charge is 0.381 e. The highest BCUT2D eigenvalue weighted by atomic mass is 16.5. The summed E-state index contributed by atoms with van der Waals surface area (Å²) < 4.78 is 6.99. The number of aryl methyl sites for hydroxylation is 1. The molecule has 2 heteroatoms. The first-order chi connectivity index (χ1) is 10.6. The minimum atomic E-state index is 0.584. The van der Waals surface area contributed by atoms with E-state index in [4.69, 9.17) is 4.74 Å². The van der Waals surface area contributed by atoms with Crippen molar-refractivity contribution < 1.29 is 9.22 Å². The van der Waals surface area contributed by atoms with Crippen molar-refractivity contribution in [2.45, 2.75) is 44.2 Å². The van der Waals surface area contributed by atoms with E-state index < -0.39 is 0 Å². The van der Waals surface area contributed by atoms with E-state index >= 15 is 0 Å². The Kier molecular flexibility index (Phi) is 3.39. The number of methoxy groups -OCH3 is 1. The van der Waals surface area contributed by atoms with E-state index in [1.165, 1.54) is 48.7 Å². The molecular formula is C20H30NO+. The molecule has 1 aromatic carbocycles. The molecule has 3 aliphatic carbocycles.